The smallest absolute Gasteiger partial charge is 0.409 e. The number of likely N-dealkylation sites (tertiary alicyclic amines) is 1. The number of fused-ring (bicyclic) bond motifs is 1. The van der Waals surface area contributed by atoms with E-state index in [9.17, 15) is 4.79 Å². The van der Waals surface area contributed by atoms with Crippen molar-refractivity contribution in [2.45, 2.75) is 57.5 Å². The minimum atomic E-state index is -0.207. The lowest BCUT2D eigenvalue weighted by molar-refractivity contribution is 0.105. The summed E-state index contributed by atoms with van der Waals surface area (Å²) in [7, 11) is 1.45. The van der Waals surface area contributed by atoms with Gasteiger partial charge in [0.1, 0.15) is 0 Å². The van der Waals surface area contributed by atoms with Crippen LogP contribution in [0.5, 0.6) is 0 Å². The lowest BCUT2D eigenvalue weighted by Crippen LogP contribution is -2.49. The molecular formula is C16H25N3O2S. The molecule has 122 valence electrons. The van der Waals surface area contributed by atoms with Crippen molar-refractivity contribution in [1.82, 2.24) is 15.2 Å². The third kappa shape index (κ3) is 3.27. The van der Waals surface area contributed by atoms with E-state index < -0.39 is 0 Å². The van der Waals surface area contributed by atoms with Gasteiger partial charge in [0.25, 0.3) is 0 Å². The predicted octanol–water partition coefficient (Wildman–Crippen LogP) is 2.90. The Bertz CT molecular complexity index is 531. The molecule has 0 spiro atoms. The van der Waals surface area contributed by atoms with Crippen LogP contribution < -0.4 is 5.32 Å². The number of ether oxygens (including phenoxy) is 1. The Balaban J connectivity index is 1.66. The molecule has 1 aliphatic carbocycles. The van der Waals surface area contributed by atoms with Crippen molar-refractivity contribution < 1.29 is 9.53 Å². The molecule has 1 aromatic heterocycles. The Labute approximate surface area is 136 Å². The van der Waals surface area contributed by atoms with E-state index in [0.29, 0.717) is 12.1 Å². The van der Waals surface area contributed by atoms with Gasteiger partial charge in [-0.25, -0.2) is 9.78 Å². The maximum atomic E-state index is 11.7. The molecule has 0 aromatic carbocycles. The van der Waals surface area contributed by atoms with Gasteiger partial charge in [0.2, 0.25) is 0 Å². The molecule has 1 N–H and O–H groups in total. The van der Waals surface area contributed by atoms with E-state index in [1.54, 1.807) is 0 Å². The molecule has 1 aromatic rings. The third-order valence-corrected chi connectivity index (χ3v) is 5.94. The predicted molar refractivity (Wildman–Crippen MR) is 87.3 cm³/mol. The zero-order valence-corrected chi connectivity index (χ0v) is 14.2. The summed E-state index contributed by atoms with van der Waals surface area (Å²) in [6.45, 7) is 3.72. The number of hydrogen-bond donors (Lipinski definition) is 1. The van der Waals surface area contributed by atoms with E-state index in [0.717, 1.165) is 38.8 Å². The van der Waals surface area contributed by atoms with E-state index in [1.807, 2.05) is 16.2 Å². The summed E-state index contributed by atoms with van der Waals surface area (Å²) in [5.41, 5.74) is 1.30. The molecule has 2 heterocycles. The van der Waals surface area contributed by atoms with Crippen molar-refractivity contribution in [2.75, 3.05) is 20.2 Å². The minimum Gasteiger partial charge on any atom is -0.453 e. The van der Waals surface area contributed by atoms with Crippen LogP contribution in [-0.2, 0) is 17.6 Å². The average Bonchev–Trinajstić information content (AvgIpc) is 2.99. The molecule has 2 aliphatic rings. The third-order valence-electron chi connectivity index (χ3n) is 4.59. The van der Waals surface area contributed by atoms with Gasteiger partial charge < -0.3 is 15.0 Å². The summed E-state index contributed by atoms with van der Waals surface area (Å²) in [4.78, 5) is 19.7. The molecule has 1 fully saturated rings. The fourth-order valence-electron chi connectivity index (χ4n) is 3.47. The van der Waals surface area contributed by atoms with Crippen LogP contribution in [0.15, 0.2) is 0 Å². The van der Waals surface area contributed by atoms with Crippen LogP contribution in [0.1, 0.15) is 54.2 Å². The summed E-state index contributed by atoms with van der Waals surface area (Å²) in [5, 5.41) is 5.03. The first-order valence-corrected chi connectivity index (χ1v) is 9.10. The second-order valence-electron chi connectivity index (χ2n) is 6.14. The van der Waals surface area contributed by atoms with Gasteiger partial charge in [-0.15, -0.1) is 11.3 Å². The highest BCUT2D eigenvalue weighted by molar-refractivity contribution is 7.11. The summed E-state index contributed by atoms with van der Waals surface area (Å²) in [6, 6.07) is 0.764. The van der Waals surface area contributed by atoms with Crippen molar-refractivity contribution in [1.29, 1.82) is 0 Å². The number of thiazole rings is 1. The molecule has 3 rings (SSSR count). The number of carbonyl (C=O) groups is 1. The van der Waals surface area contributed by atoms with Crippen molar-refractivity contribution in [3.63, 3.8) is 0 Å². The second-order valence-corrected chi connectivity index (χ2v) is 7.25. The second kappa shape index (κ2) is 6.96. The van der Waals surface area contributed by atoms with E-state index in [-0.39, 0.29) is 6.09 Å². The number of aryl methyl sites for hydroxylation is 2. The number of methoxy groups -OCH3 is 1. The Kier molecular flexibility index (Phi) is 4.98. The maximum absolute atomic E-state index is 11.7. The van der Waals surface area contributed by atoms with Gasteiger partial charge >= 0.3 is 6.09 Å². The van der Waals surface area contributed by atoms with Gasteiger partial charge in [-0.3, -0.25) is 0 Å². The Hall–Kier alpha value is -1.14. The van der Waals surface area contributed by atoms with E-state index in [4.69, 9.17) is 9.72 Å². The van der Waals surface area contributed by atoms with Gasteiger partial charge in [-0.2, -0.15) is 0 Å². The van der Waals surface area contributed by atoms with Gasteiger partial charge in [0, 0.05) is 30.1 Å². The number of aromatic nitrogens is 1. The molecule has 0 bridgehead atoms. The lowest BCUT2D eigenvalue weighted by atomic mass is 9.96. The van der Waals surface area contributed by atoms with E-state index in [1.165, 1.54) is 35.5 Å². The standard InChI is InChI=1S/C16H25N3O2S/c1-3-14-18-13-8-4-7-12(15(13)22-14)17-11-6-5-9-19(10-11)16(20)21-2/h11-12,17H,3-10H2,1-2H3/t11-,12-/m1/s1. The quantitative estimate of drug-likeness (QED) is 0.929. The first kappa shape index (κ1) is 15.7. The fourth-order valence-corrected chi connectivity index (χ4v) is 4.62. The summed E-state index contributed by atoms with van der Waals surface area (Å²) >= 11 is 1.86. The van der Waals surface area contributed by atoms with Gasteiger partial charge in [-0.1, -0.05) is 6.92 Å². The van der Waals surface area contributed by atoms with Crippen molar-refractivity contribution in [3.8, 4) is 0 Å². The Morgan fingerprint density at radius 2 is 2.32 bits per heavy atom. The molecule has 6 heteroatoms. The molecular weight excluding hydrogens is 298 g/mol. The number of nitrogens with one attached hydrogen (secondary N) is 1. The number of amides is 1. The normalized spacial score (nSPS) is 24.9. The van der Waals surface area contributed by atoms with Crippen LogP contribution in [0.2, 0.25) is 0 Å². The summed E-state index contributed by atoms with van der Waals surface area (Å²) in [5.74, 6) is 0. The molecule has 1 aliphatic heterocycles. The molecule has 1 saturated heterocycles. The fraction of sp³-hybridized carbons (Fsp3) is 0.750. The molecule has 22 heavy (non-hydrogen) atoms. The van der Waals surface area contributed by atoms with E-state index >= 15 is 0 Å². The van der Waals surface area contributed by atoms with Crippen molar-refractivity contribution >= 4 is 17.4 Å². The highest BCUT2D eigenvalue weighted by Crippen LogP contribution is 2.35. The zero-order chi connectivity index (χ0) is 15.5. The summed E-state index contributed by atoms with van der Waals surface area (Å²) in [6.07, 6.45) is 6.46. The monoisotopic (exact) mass is 323 g/mol. The molecule has 0 radical (unpaired) electrons. The Morgan fingerprint density at radius 1 is 1.45 bits per heavy atom. The first-order valence-electron chi connectivity index (χ1n) is 8.28. The zero-order valence-electron chi connectivity index (χ0n) is 13.4. The average molecular weight is 323 g/mol. The molecule has 0 unspecified atom stereocenters. The number of hydrogen-bond acceptors (Lipinski definition) is 5. The van der Waals surface area contributed by atoms with Crippen LogP contribution in [0.25, 0.3) is 0 Å². The number of rotatable bonds is 3. The molecule has 5 nitrogen and oxygen atoms in total. The highest BCUT2D eigenvalue weighted by atomic mass is 32.1. The topological polar surface area (TPSA) is 54.5 Å². The number of piperidine rings is 1. The molecule has 2 atom stereocenters. The Morgan fingerprint density at radius 3 is 3.09 bits per heavy atom. The van der Waals surface area contributed by atoms with Gasteiger partial charge in [0.15, 0.2) is 0 Å². The minimum absolute atomic E-state index is 0.207. The van der Waals surface area contributed by atoms with Crippen LogP contribution in [0.4, 0.5) is 4.79 Å². The van der Waals surface area contributed by atoms with Gasteiger partial charge in [0.05, 0.1) is 17.8 Å². The first-order chi connectivity index (χ1) is 10.7. The highest BCUT2D eigenvalue weighted by Gasteiger charge is 2.29. The van der Waals surface area contributed by atoms with Crippen LogP contribution in [0.3, 0.4) is 0 Å². The number of nitrogens with zero attached hydrogens (tertiary/aromatic N) is 2. The largest absolute Gasteiger partial charge is 0.453 e. The van der Waals surface area contributed by atoms with E-state index in [2.05, 4.69) is 12.2 Å². The lowest BCUT2D eigenvalue weighted by Gasteiger charge is -2.35. The molecule has 1 amide bonds. The van der Waals surface area contributed by atoms with Crippen LogP contribution in [-0.4, -0.2) is 42.2 Å². The number of carbonyl (C=O) groups excluding carboxylic acids is 1. The maximum Gasteiger partial charge on any atom is 0.409 e. The summed E-state index contributed by atoms with van der Waals surface area (Å²) < 4.78 is 4.85. The SMILES string of the molecule is CCc1nc2c(s1)[C@H](N[C@@H]1CCCN(C(=O)OC)C1)CCC2. The van der Waals surface area contributed by atoms with Crippen LogP contribution >= 0.6 is 11.3 Å². The van der Waals surface area contributed by atoms with Crippen molar-refractivity contribution in [2.24, 2.45) is 0 Å². The molecule has 0 saturated carbocycles. The van der Waals surface area contributed by atoms with Gasteiger partial charge in [-0.05, 0) is 38.5 Å². The van der Waals surface area contributed by atoms with Crippen molar-refractivity contribution in [3.05, 3.63) is 15.6 Å². The van der Waals surface area contributed by atoms with Crippen LogP contribution in [0, 0.1) is 0 Å².